The Kier molecular flexibility index (Phi) is 7.03. The second kappa shape index (κ2) is 10.1. The van der Waals surface area contributed by atoms with Crippen molar-refractivity contribution >= 4 is 11.7 Å². The molecule has 1 aliphatic rings. The number of ketones is 1. The Morgan fingerprint density at radius 3 is 2.21 bits per heavy atom. The maximum atomic E-state index is 13.3. The van der Waals surface area contributed by atoms with Crippen LogP contribution in [0.1, 0.15) is 47.2 Å². The number of ether oxygens (including phenoxy) is 1. The van der Waals surface area contributed by atoms with Crippen molar-refractivity contribution in [2.75, 3.05) is 6.61 Å². The summed E-state index contributed by atoms with van der Waals surface area (Å²) in [6.45, 7) is 2.65. The van der Waals surface area contributed by atoms with E-state index in [0.717, 1.165) is 5.56 Å². The van der Waals surface area contributed by atoms with Crippen molar-refractivity contribution in [2.45, 2.75) is 45.8 Å². The van der Waals surface area contributed by atoms with E-state index in [1.54, 1.807) is 37.3 Å². The van der Waals surface area contributed by atoms with Gasteiger partial charge in [0.15, 0.2) is 0 Å². The molecule has 0 saturated heterocycles. The van der Waals surface area contributed by atoms with Gasteiger partial charge in [0.1, 0.15) is 5.78 Å². The van der Waals surface area contributed by atoms with Crippen molar-refractivity contribution in [3.05, 3.63) is 104 Å². The van der Waals surface area contributed by atoms with Crippen LogP contribution < -0.4 is 11.2 Å². The second-order valence-corrected chi connectivity index (χ2v) is 9.05. The first-order valence-corrected chi connectivity index (χ1v) is 11.4. The lowest BCUT2D eigenvalue weighted by molar-refractivity contribution is -0.124. The quantitative estimate of drug-likeness (QED) is 0.540. The van der Waals surface area contributed by atoms with Gasteiger partial charge in [-0.3, -0.25) is 19.0 Å². The predicted octanol–water partition coefficient (Wildman–Crippen LogP) is 3.35. The number of Topliss-reactive ketones (excluding diaryl/α,β-unsaturated/α-hetero) is 1. The zero-order chi connectivity index (χ0) is 24.1. The average molecular weight is 461 g/mol. The molecule has 0 atom stereocenters. The molecule has 7 nitrogen and oxygen atoms in total. The molecule has 0 spiro atoms. The van der Waals surface area contributed by atoms with Crippen molar-refractivity contribution in [3.63, 3.8) is 0 Å². The molecule has 1 aromatic heterocycles. The van der Waals surface area contributed by atoms with Gasteiger partial charge < -0.3 is 4.74 Å². The number of aromatic nitrogens is 2. The van der Waals surface area contributed by atoms with E-state index in [9.17, 15) is 19.2 Å². The number of rotatable bonds is 7. The molecule has 34 heavy (non-hydrogen) atoms. The molecule has 4 rings (SSSR count). The molecule has 3 aromatic rings. The lowest BCUT2D eigenvalue weighted by atomic mass is 9.74. The fourth-order valence-electron chi connectivity index (χ4n) is 4.47. The zero-order valence-electron chi connectivity index (χ0n) is 19.2. The molecule has 0 aliphatic heterocycles. The lowest BCUT2D eigenvalue weighted by Crippen LogP contribution is -2.47. The summed E-state index contributed by atoms with van der Waals surface area (Å²) in [4.78, 5) is 51.1. The molecule has 2 aromatic carbocycles. The highest BCUT2D eigenvalue weighted by Crippen LogP contribution is 2.37. The van der Waals surface area contributed by atoms with Gasteiger partial charge in [0.05, 0.1) is 13.2 Å². The molecule has 0 amide bonds. The van der Waals surface area contributed by atoms with E-state index in [1.165, 1.54) is 10.8 Å². The van der Waals surface area contributed by atoms with Gasteiger partial charge in [-0.15, -0.1) is 0 Å². The number of hydrogen-bond acceptors (Lipinski definition) is 5. The zero-order valence-corrected chi connectivity index (χ0v) is 19.2. The maximum Gasteiger partial charge on any atom is 0.338 e. The SMILES string of the molecule is Cc1cn(CC2(COCc3ccccc3)CCC(=O)CC2)c(=O)n(C(=O)c2ccccc2)c1=O. The minimum absolute atomic E-state index is 0.200. The molecule has 1 heterocycles. The van der Waals surface area contributed by atoms with E-state index < -0.39 is 22.6 Å². The molecule has 0 bridgehead atoms. The van der Waals surface area contributed by atoms with Crippen LogP contribution in [0.5, 0.6) is 0 Å². The van der Waals surface area contributed by atoms with E-state index in [1.807, 2.05) is 30.3 Å². The largest absolute Gasteiger partial charge is 0.376 e. The third-order valence-corrected chi connectivity index (χ3v) is 6.44. The fraction of sp³-hybridized carbons (Fsp3) is 0.333. The van der Waals surface area contributed by atoms with E-state index >= 15 is 0 Å². The number of nitrogens with zero attached hydrogens (tertiary/aromatic N) is 2. The second-order valence-electron chi connectivity index (χ2n) is 9.05. The summed E-state index contributed by atoms with van der Waals surface area (Å²) in [5.41, 5.74) is -0.137. The van der Waals surface area contributed by atoms with Gasteiger partial charge in [-0.2, -0.15) is 4.57 Å². The third-order valence-electron chi connectivity index (χ3n) is 6.44. The van der Waals surface area contributed by atoms with Gasteiger partial charge >= 0.3 is 5.69 Å². The van der Waals surface area contributed by atoms with Crippen LogP contribution in [0.2, 0.25) is 0 Å². The summed E-state index contributed by atoms with van der Waals surface area (Å²) >= 11 is 0. The molecular formula is C27H28N2O5. The van der Waals surface area contributed by atoms with Gasteiger partial charge in [-0.25, -0.2) is 4.79 Å². The van der Waals surface area contributed by atoms with Crippen LogP contribution in [-0.4, -0.2) is 27.4 Å². The monoisotopic (exact) mass is 460 g/mol. The predicted molar refractivity (Wildman–Crippen MR) is 128 cm³/mol. The van der Waals surface area contributed by atoms with Crippen molar-refractivity contribution < 1.29 is 14.3 Å². The topological polar surface area (TPSA) is 87.4 Å². The molecule has 1 aliphatic carbocycles. The van der Waals surface area contributed by atoms with Gasteiger partial charge in [-0.05, 0) is 37.5 Å². The number of carbonyl (C=O) groups excluding carboxylic acids is 2. The van der Waals surface area contributed by atoms with Crippen LogP contribution >= 0.6 is 0 Å². The summed E-state index contributed by atoms with van der Waals surface area (Å²) in [7, 11) is 0. The molecule has 0 radical (unpaired) electrons. The molecule has 0 N–H and O–H groups in total. The normalized spacial score (nSPS) is 15.3. The molecule has 0 unspecified atom stereocenters. The molecular weight excluding hydrogens is 432 g/mol. The highest BCUT2D eigenvalue weighted by molar-refractivity contribution is 5.95. The van der Waals surface area contributed by atoms with Crippen LogP contribution in [0.15, 0.2) is 76.4 Å². The summed E-state index contributed by atoms with van der Waals surface area (Å²) in [5.74, 6) is -0.451. The van der Waals surface area contributed by atoms with E-state index in [4.69, 9.17) is 4.74 Å². The van der Waals surface area contributed by atoms with Gasteiger partial charge in [0.25, 0.3) is 11.5 Å². The van der Waals surface area contributed by atoms with Crippen molar-refractivity contribution in [1.82, 2.24) is 9.13 Å². The highest BCUT2D eigenvalue weighted by Gasteiger charge is 2.36. The molecule has 1 saturated carbocycles. The first-order valence-electron chi connectivity index (χ1n) is 11.4. The Morgan fingerprint density at radius 1 is 0.941 bits per heavy atom. The Balaban J connectivity index is 1.64. The lowest BCUT2D eigenvalue weighted by Gasteiger charge is -2.37. The number of carbonyl (C=O) groups is 2. The van der Waals surface area contributed by atoms with Crippen molar-refractivity contribution in [1.29, 1.82) is 0 Å². The fourth-order valence-corrected chi connectivity index (χ4v) is 4.47. The molecule has 7 heteroatoms. The Morgan fingerprint density at radius 2 is 1.56 bits per heavy atom. The summed E-state index contributed by atoms with van der Waals surface area (Å²) in [6.07, 6.45) is 3.51. The van der Waals surface area contributed by atoms with Gasteiger partial charge in [0.2, 0.25) is 0 Å². The van der Waals surface area contributed by atoms with Crippen LogP contribution in [0, 0.1) is 12.3 Å². The smallest absolute Gasteiger partial charge is 0.338 e. The summed E-state index contributed by atoms with van der Waals surface area (Å²) < 4.78 is 8.18. The van der Waals surface area contributed by atoms with E-state index in [2.05, 4.69) is 0 Å². The average Bonchev–Trinajstić information content (AvgIpc) is 2.86. The van der Waals surface area contributed by atoms with Crippen LogP contribution in [-0.2, 0) is 22.7 Å². The van der Waals surface area contributed by atoms with Crippen molar-refractivity contribution in [3.8, 4) is 0 Å². The van der Waals surface area contributed by atoms with Crippen LogP contribution in [0.3, 0.4) is 0 Å². The number of aryl methyl sites for hydroxylation is 1. The standard InChI is InChI=1S/C27H28N2O5/c1-20-16-28(26(33)29(24(20)31)25(32)22-10-6-3-7-11-22)18-27(14-12-23(30)13-15-27)19-34-17-21-8-4-2-5-9-21/h2-11,16H,12-15,17-19H2,1H3. The first kappa shape index (κ1) is 23.6. The van der Waals surface area contributed by atoms with Gasteiger partial charge in [0, 0.05) is 42.1 Å². The van der Waals surface area contributed by atoms with E-state index in [-0.39, 0.29) is 17.9 Å². The van der Waals surface area contributed by atoms with Crippen LogP contribution in [0.4, 0.5) is 0 Å². The Labute approximate surface area is 197 Å². The molecule has 1 fully saturated rings. The maximum absolute atomic E-state index is 13.3. The first-order chi connectivity index (χ1) is 16.4. The number of benzene rings is 2. The summed E-state index contributed by atoms with van der Waals surface area (Å²) in [5, 5.41) is 0. The summed E-state index contributed by atoms with van der Waals surface area (Å²) in [6, 6.07) is 18.1. The third kappa shape index (κ3) is 5.15. The Bertz CT molecular complexity index is 1280. The minimum Gasteiger partial charge on any atom is -0.376 e. The minimum atomic E-state index is -0.677. The molecule has 176 valence electrons. The van der Waals surface area contributed by atoms with E-state index in [0.29, 0.717) is 49.0 Å². The van der Waals surface area contributed by atoms with Gasteiger partial charge in [-0.1, -0.05) is 48.5 Å². The van der Waals surface area contributed by atoms with Crippen LogP contribution in [0.25, 0.3) is 0 Å². The highest BCUT2D eigenvalue weighted by atomic mass is 16.5. The Hall–Kier alpha value is -3.58. The van der Waals surface area contributed by atoms with Crippen molar-refractivity contribution in [2.24, 2.45) is 5.41 Å². The number of hydrogen-bond donors (Lipinski definition) is 0.